The zero-order valence-corrected chi connectivity index (χ0v) is 12.0. The number of ether oxygens (including phenoxy) is 1. The quantitative estimate of drug-likeness (QED) is 0.849. The largest absolute Gasteiger partial charge is 0.495 e. The second-order valence-corrected chi connectivity index (χ2v) is 6.37. The molecule has 1 aromatic rings. The molecule has 0 bridgehead atoms. The standard InChI is InChI=1S/C13H15NO5S/c1-3-12(13(15)16)20(17,18)8-9-4-5-11(19-2)10(6-9)7-14/h4-6,12H,3,8H2,1-2H3,(H,15,16). The third kappa shape index (κ3) is 3.48. The van der Waals surface area contributed by atoms with Crippen molar-refractivity contribution in [3.63, 3.8) is 0 Å². The van der Waals surface area contributed by atoms with Crippen LogP contribution in [0.2, 0.25) is 0 Å². The van der Waals surface area contributed by atoms with Crippen LogP contribution < -0.4 is 4.74 Å². The number of hydrogen-bond acceptors (Lipinski definition) is 5. The number of aliphatic carboxylic acids is 1. The minimum absolute atomic E-state index is 0.00106. The van der Waals surface area contributed by atoms with Crippen LogP contribution in [-0.2, 0) is 20.4 Å². The van der Waals surface area contributed by atoms with Crippen LogP contribution in [-0.4, -0.2) is 31.9 Å². The van der Waals surface area contributed by atoms with E-state index in [1.165, 1.54) is 32.2 Å². The summed E-state index contributed by atoms with van der Waals surface area (Å²) < 4.78 is 29.0. The van der Waals surface area contributed by atoms with Gasteiger partial charge in [-0.1, -0.05) is 13.0 Å². The molecule has 0 spiro atoms. The zero-order chi connectivity index (χ0) is 15.3. The van der Waals surface area contributed by atoms with Gasteiger partial charge in [0.1, 0.15) is 11.8 Å². The highest BCUT2D eigenvalue weighted by molar-refractivity contribution is 7.92. The first kappa shape index (κ1) is 16.0. The summed E-state index contributed by atoms with van der Waals surface area (Å²) >= 11 is 0. The minimum atomic E-state index is -3.82. The number of rotatable bonds is 6. The van der Waals surface area contributed by atoms with E-state index in [4.69, 9.17) is 15.1 Å². The van der Waals surface area contributed by atoms with E-state index >= 15 is 0 Å². The van der Waals surface area contributed by atoms with Gasteiger partial charge in [-0.2, -0.15) is 5.26 Å². The molecule has 7 heteroatoms. The molecule has 0 fully saturated rings. The molecule has 0 radical (unpaired) electrons. The lowest BCUT2D eigenvalue weighted by Crippen LogP contribution is -2.30. The molecule has 1 aromatic carbocycles. The van der Waals surface area contributed by atoms with Crippen molar-refractivity contribution in [1.82, 2.24) is 0 Å². The minimum Gasteiger partial charge on any atom is -0.495 e. The molecule has 0 aliphatic carbocycles. The molecule has 0 aliphatic rings. The second-order valence-electron chi connectivity index (χ2n) is 4.19. The highest BCUT2D eigenvalue weighted by Crippen LogP contribution is 2.21. The lowest BCUT2D eigenvalue weighted by atomic mass is 10.1. The van der Waals surface area contributed by atoms with Crippen LogP contribution in [0.25, 0.3) is 0 Å². The van der Waals surface area contributed by atoms with Crippen LogP contribution in [0.4, 0.5) is 0 Å². The summed E-state index contributed by atoms with van der Waals surface area (Å²) in [5.74, 6) is -1.43. The second kappa shape index (κ2) is 6.39. The van der Waals surface area contributed by atoms with Crippen molar-refractivity contribution in [3.05, 3.63) is 29.3 Å². The summed E-state index contributed by atoms with van der Waals surface area (Å²) in [4.78, 5) is 10.9. The monoisotopic (exact) mass is 297 g/mol. The SMILES string of the molecule is CCC(C(=O)O)S(=O)(=O)Cc1ccc(OC)c(C#N)c1. The summed E-state index contributed by atoms with van der Waals surface area (Å²) in [6, 6.07) is 6.29. The third-order valence-electron chi connectivity index (χ3n) is 2.83. The first-order chi connectivity index (χ1) is 9.35. The highest BCUT2D eigenvalue weighted by Gasteiger charge is 2.30. The van der Waals surface area contributed by atoms with E-state index in [1.807, 2.05) is 6.07 Å². The predicted molar refractivity (Wildman–Crippen MR) is 72.0 cm³/mol. The van der Waals surface area contributed by atoms with Gasteiger partial charge in [-0.05, 0) is 24.1 Å². The summed E-state index contributed by atoms with van der Waals surface area (Å²) in [7, 11) is -2.41. The van der Waals surface area contributed by atoms with Crippen LogP contribution in [0.3, 0.4) is 0 Å². The maximum atomic E-state index is 12.0. The van der Waals surface area contributed by atoms with Crippen molar-refractivity contribution in [2.24, 2.45) is 0 Å². The Kier molecular flexibility index (Phi) is 5.11. The van der Waals surface area contributed by atoms with E-state index in [0.717, 1.165) is 0 Å². The van der Waals surface area contributed by atoms with E-state index in [-0.39, 0.29) is 12.0 Å². The van der Waals surface area contributed by atoms with Crippen molar-refractivity contribution >= 4 is 15.8 Å². The van der Waals surface area contributed by atoms with Crippen LogP contribution >= 0.6 is 0 Å². The smallest absolute Gasteiger partial charge is 0.321 e. The third-order valence-corrected chi connectivity index (χ3v) is 4.97. The topological polar surface area (TPSA) is 104 Å². The van der Waals surface area contributed by atoms with Gasteiger partial charge in [-0.25, -0.2) is 8.42 Å². The van der Waals surface area contributed by atoms with Crippen molar-refractivity contribution in [1.29, 1.82) is 5.26 Å². The van der Waals surface area contributed by atoms with Crippen molar-refractivity contribution in [2.45, 2.75) is 24.3 Å². The zero-order valence-electron chi connectivity index (χ0n) is 11.2. The number of carbonyl (C=O) groups is 1. The fourth-order valence-corrected chi connectivity index (χ4v) is 3.51. The number of nitrogens with zero attached hydrogens (tertiary/aromatic N) is 1. The van der Waals surface area contributed by atoms with Gasteiger partial charge in [0, 0.05) is 0 Å². The number of hydrogen-bond donors (Lipinski definition) is 1. The molecular weight excluding hydrogens is 282 g/mol. The van der Waals surface area contributed by atoms with Gasteiger partial charge >= 0.3 is 5.97 Å². The summed E-state index contributed by atoms with van der Waals surface area (Å²) in [6.45, 7) is 1.51. The fourth-order valence-electron chi connectivity index (χ4n) is 1.85. The normalized spacial score (nSPS) is 12.4. The van der Waals surface area contributed by atoms with Gasteiger partial charge in [-0.3, -0.25) is 4.79 Å². The first-order valence-corrected chi connectivity index (χ1v) is 7.58. The van der Waals surface area contributed by atoms with Crippen molar-refractivity contribution in [2.75, 3.05) is 7.11 Å². The summed E-state index contributed by atoms with van der Waals surface area (Å²) in [5.41, 5.74) is 0.575. The molecule has 1 atom stereocenters. The maximum absolute atomic E-state index is 12.0. The Hall–Kier alpha value is -2.07. The van der Waals surface area contributed by atoms with E-state index in [9.17, 15) is 13.2 Å². The molecule has 0 aromatic heterocycles. The van der Waals surface area contributed by atoms with Crippen LogP contribution in [0.15, 0.2) is 18.2 Å². The van der Waals surface area contributed by atoms with Crippen molar-refractivity contribution in [3.8, 4) is 11.8 Å². The molecule has 6 nitrogen and oxygen atoms in total. The Labute approximate surface area is 117 Å². The molecule has 0 saturated heterocycles. The average Bonchev–Trinajstić information content (AvgIpc) is 2.37. The molecule has 0 aliphatic heterocycles. The van der Waals surface area contributed by atoms with Crippen LogP contribution in [0.5, 0.6) is 5.75 Å². The number of methoxy groups -OCH3 is 1. The van der Waals surface area contributed by atoms with Crippen LogP contribution in [0.1, 0.15) is 24.5 Å². The van der Waals surface area contributed by atoms with Gasteiger partial charge in [0.15, 0.2) is 15.1 Å². The highest BCUT2D eigenvalue weighted by atomic mass is 32.2. The number of benzene rings is 1. The molecule has 20 heavy (non-hydrogen) atoms. The van der Waals surface area contributed by atoms with Gasteiger partial charge < -0.3 is 9.84 Å². The van der Waals surface area contributed by atoms with Gasteiger partial charge in [0.2, 0.25) is 0 Å². The Bertz CT molecular complexity index is 645. The lowest BCUT2D eigenvalue weighted by Gasteiger charge is -2.12. The number of carboxylic acids is 1. The number of carboxylic acid groups (broad SMARTS) is 1. The molecular formula is C13H15NO5S. The van der Waals surface area contributed by atoms with Gasteiger partial charge in [0.25, 0.3) is 0 Å². The van der Waals surface area contributed by atoms with Gasteiger partial charge in [0.05, 0.1) is 18.4 Å². The molecule has 1 N–H and O–H groups in total. The summed E-state index contributed by atoms with van der Waals surface area (Å²) in [5, 5.41) is 16.4. The molecule has 0 saturated carbocycles. The first-order valence-electron chi connectivity index (χ1n) is 5.87. The van der Waals surface area contributed by atoms with E-state index < -0.39 is 26.8 Å². The Morgan fingerprint density at radius 3 is 2.60 bits per heavy atom. The average molecular weight is 297 g/mol. The lowest BCUT2D eigenvalue weighted by molar-refractivity contribution is -0.136. The molecule has 1 unspecified atom stereocenters. The summed E-state index contributed by atoms with van der Waals surface area (Å²) in [6.07, 6.45) is -0.00106. The van der Waals surface area contributed by atoms with Crippen LogP contribution in [0, 0.1) is 11.3 Å². The van der Waals surface area contributed by atoms with E-state index in [1.54, 1.807) is 0 Å². The Balaban J connectivity index is 3.10. The predicted octanol–water partition coefficient (Wildman–Crippen LogP) is 1.34. The fraction of sp³-hybridized carbons (Fsp3) is 0.385. The molecule has 0 heterocycles. The number of nitriles is 1. The Morgan fingerprint density at radius 1 is 1.50 bits per heavy atom. The Morgan fingerprint density at radius 2 is 2.15 bits per heavy atom. The van der Waals surface area contributed by atoms with Crippen molar-refractivity contribution < 1.29 is 23.1 Å². The molecule has 1 rings (SSSR count). The van der Waals surface area contributed by atoms with Gasteiger partial charge in [-0.15, -0.1) is 0 Å². The van der Waals surface area contributed by atoms with E-state index in [0.29, 0.717) is 11.3 Å². The molecule has 0 amide bonds. The maximum Gasteiger partial charge on any atom is 0.321 e. The molecule has 108 valence electrons. The van der Waals surface area contributed by atoms with E-state index in [2.05, 4.69) is 0 Å². The number of sulfone groups is 1.